The van der Waals surface area contributed by atoms with Crippen LogP contribution >= 0.6 is 11.6 Å². The fourth-order valence-corrected chi connectivity index (χ4v) is 1.73. The van der Waals surface area contributed by atoms with Crippen molar-refractivity contribution < 1.29 is 28.9 Å². The van der Waals surface area contributed by atoms with Crippen LogP contribution in [0.25, 0.3) is 6.08 Å². The fraction of sp³-hybridized carbons (Fsp3) is 0.286. The molecule has 7 heteroatoms. The summed E-state index contributed by atoms with van der Waals surface area (Å²) >= 11 is 5.92. The molecule has 1 N–H and O–H groups in total. The van der Waals surface area contributed by atoms with Crippen LogP contribution < -0.4 is 9.47 Å². The van der Waals surface area contributed by atoms with E-state index in [1.165, 1.54) is 25.3 Å². The Morgan fingerprint density at radius 2 is 2.10 bits per heavy atom. The monoisotopic (exact) mass is 314 g/mol. The number of carboxylic acid groups (broad SMARTS) is 1. The molecule has 0 bridgehead atoms. The van der Waals surface area contributed by atoms with Gasteiger partial charge in [-0.15, -0.1) is 0 Å². The smallest absolute Gasteiger partial charge is 0.344 e. The van der Waals surface area contributed by atoms with Crippen LogP contribution in [0.15, 0.2) is 18.2 Å². The van der Waals surface area contributed by atoms with Gasteiger partial charge in [0, 0.05) is 22.7 Å². The third-order valence-corrected chi connectivity index (χ3v) is 2.53. The number of esters is 1. The first-order valence-corrected chi connectivity index (χ1v) is 6.42. The maximum atomic E-state index is 11.3. The number of ether oxygens (including phenoxy) is 3. The molecule has 21 heavy (non-hydrogen) atoms. The van der Waals surface area contributed by atoms with Crippen molar-refractivity contribution in [3.05, 3.63) is 28.8 Å². The van der Waals surface area contributed by atoms with Crippen LogP contribution in [0.5, 0.6) is 11.5 Å². The van der Waals surface area contributed by atoms with Crippen molar-refractivity contribution in [3.63, 3.8) is 0 Å². The van der Waals surface area contributed by atoms with Crippen molar-refractivity contribution in [1.82, 2.24) is 0 Å². The Kier molecular flexibility index (Phi) is 6.55. The summed E-state index contributed by atoms with van der Waals surface area (Å²) in [4.78, 5) is 21.9. The summed E-state index contributed by atoms with van der Waals surface area (Å²) in [5.74, 6) is -1.16. The standard InChI is InChI=1S/C14H15ClO6/c1-3-20-13(18)8-21-14-9(4-5-12(16)17)6-10(15)7-11(14)19-2/h4-7H,3,8H2,1-2H3,(H,16,17)/b5-4+. The van der Waals surface area contributed by atoms with Crippen molar-refractivity contribution in [3.8, 4) is 11.5 Å². The van der Waals surface area contributed by atoms with E-state index < -0.39 is 11.9 Å². The first kappa shape index (κ1) is 16.8. The predicted octanol–water partition coefficient (Wildman–Crippen LogP) is 2.39. The quantitative estimate of drug-likeness (QED) is 0.614. The summed E-state index contributed by atoms with van der Waals surface area (Å²) in [6, 6.07) is 3.00. The zero-order chi connectivity index (χ0) is 15.8. The van der Waals surface area contributed by atoms with Gasteiger partial charge in [-0.2, -0.15) is 0 Å². The molecule has 0 saturated heterocycles. The summed E-state index contributed by atoms with van der Waals surface area (Å²) in [7, 11) is 1.41. The Hall–Kier alpha value is -2.21. The van der Waals surface area contributed by atoms with Gasteiger partial charge in [0.2, 0.25) is 0 Å². The molecule has 0 radical (unpaired) electrons. The van der Waals surface area contributed by atoms with E-state index in [-0.39, 0.29) is 24.7 Å². The van der Waals surface area contributed by atoms with Crippen molar-refractivity contribution in [2.75, 3.05) is 20.3 Å². The summed E-state index contributed by atoms with van der Waals surface area (Å²) in [6.07, 6.45) is 2.24. The van der Waals surface area contributed by atoms with Gasteiger partial charge >= 0.3 is 11.9 Å². The maximum Gasteiger partial charge on any atom is 0.344 e. The van der Waals surface area contributed by atoms with Gasteiger partial charge in [-0.05, 0) is 19.1 Å². The highest BCUT2D eigenvalue weighted by Gasteiger charge is 2.13. The van der Waals surface area contributed by atoms with E-state index in [4.69, 9.17) is 30.9 Å². The molecule has 0 unspecified atom stereocenters. The van der Waals surface area contributed by atoms with Crippen LogP contribution in [0.2, 0.25) is 5.02 Å². The molecule has 0 heterocycles. The number of benzene rings is 1. The SMILES string of the molecule is CCOC(=O)COc1c(/C=C/C(=O)O)cc(Cl)cc1OC. The van der Waals surface area contributed by atoms with Crippen molar-refractivity contribution in [2.45, 2.75) is 6.92 Å². The highest BCUT2D eigenvalue weighted by molar-refractivity contribution is 6.31. The van der Waals surface area contributed by atoms with Crippen LogP contribution in [0.1, 0.15) is 12.5 Å². The van der Waals surface area contributed by atoms with E-state index in [0.717, 1.165) is 6.08 Å². The molecule has 114 valence electrons. The average molecular weight is 315 g/mol. The van der Waals surface area contributed by atoms with E-state index in [1.54, 1.807) is 6.92 Å². The lowest BCUT2D eigenvalue weighted by atomic mass is 10.1. The molecule has 0 saturated carbocycles. The van der Waals surface area contributed by atoms with E-state index in [1.807, 2.05) is 0 Å². The zero-order valence-electron chi connectivity index (χ0n) is 11.6. The summed E-state index contributed by atoms with van der Waals surface area (Å²) in [6.45, 7) is 1.60. The van der Waals surface area contributed by atoms with Crippen LogP contribution in [-0.4, -0.2) is 37.4 Å². The normalized spacial score (nSPS) is 10.4. The zero-order valence-corrected chi connectivity index (χ0v) is 12.3. The summed E-state index contributed by atoms with van der Waals surface area (Å²) < 4.78 is 15.2. The van der Waals surface area contributed by atoms with Gasteiger partial charge in [-0.1, -0.05) is 11.6 Å². The molecule has 1 aromatic rings. The second-order valence-corrected chi connectivity index (χ2v) is 4.23. The van der Waals surface area contributed by atoms with Gasteiger partial charge < -0.3 is 19.3 Å². The molecular formula is C14H15ClO6. The first-order chi connectivity index (χ1) is 9.97. The molecule has 0 atom stereocenters. The number of methoxy groups -OCH3 is 1. The van der Waals surface area contributed by atoms with E-state index in [0.29, 0.717) is 10.6 Å². The molecule has 0 amide bonds. The third kappa shape index (κ3) is 5.35. The van der Waals surface area contributed by atoms with Crippen LogP contribution in [0.4, 0.5) is 0 Å². The topological polar surface area (TPSA) is 82.1 Å². The maximum absolute atomic E-state index is 11.3. The van der Waals surface area contributed by atoms with Gasteiger partial charge in [-0.3, -0.25) is 0 Å². The first-order valence-electron chi connectivity index (χ1n) is 6.04. The fourth-order valence-electron chi connectivity index (χ4n) is 1.51. The predicted molar refractivity (Wildman–Crippen MR) is 76.8 cm³/mol. The molecule has 0 aliphatic carbocycles. The molecule has 0 aromatic heterocycles. The third-order valence-electron chi connectivity index (χ3n) is 2.31. The van der Waals surface area contributed by atoms with Gasteiger partial charge in [0.05, 0.1) is 13.7 Å². The van der Waals surface area contributed by atoms with Crippen molar-refractivity contribution in [1.29, 1.82) is 0 Å². The minimum Gasteiger partial charge on any atom is -0.493 e. The van der Waals surface area contributed by atoms with Gasteiger partial charge in [0.15, 0.2) is 18.1 Å². The molecule has 1 rings (SSSR count). The summed E-state index contributed by atoms with van der Waals surface area (Å²) in [5.41, 5.74) is 0.381. The molecule has 6 nitrogen and oxygen atoms in total. The lowest BCUT2D eigenvalue weighted by molar-refractivity contribution is -0.145. The highest BCUT2D eigenvalue weighted by Crippen LogP contribution is 2.35. The molecule has 0 fully saturated rings. The number of aliphatic carboxylic acids is 1. The second-order valence-electron chi connectivity index (χ2n) is 3.79. The Morgan fingerprint density at radius 1 is 1.38 bits per heavy atom. The highest BCUT2D eigenvalue weighted by atomic mass is 35.5. The Bertz CT molecular complexity index is 553. The van der Waals surface area contributed by atoms with Gasteiger partial charge in [0.1, 0.15) is 0 Å². The Balaban J connectivity index is 3.07. The number of carboxylic acids is 1. The molecule has 0 aliphatic heterocycles. The van der Waals surface area contributed by atoms with Crippen LogP contribution in [0.3, 0.4) is 0 Å². The van der Waals surface area contributed by atoms with Crippen molar-refractivity contribution >= 4 is 29.6 Å². The lowest BCUT2D eigenvalue weighted by Crippen LogP contribution is -2.15. The van der Waals surface area contributed by atoms with Crippen LogP contribution in [-0.2, 0) is 14.3 Å². The summed E-state index contributed by atoms with van der Waals surface area (Å²) in [5, 5.41) is 9.03. The largest absolute Gasteiger partial charge is 0.493 e. The molecular weight excluding hydrogens is 300 g/mol. The molecule has 0 spiro atoms. The minimum atomic E-state index is -1.12. The molecule has 1 aromatic carbocycles. The van der Waals surface area contributed by atoms with Gasteiger partial charge in [-0.25, -0.2) is 9.59 Å². The number of carbonyl (C=O) groups is 2. The van der Waals surface area contributed by atoms with E-state index in [9.17, 15) is 9.59 Å². The van der Waals surface area contributed by atoms with Crippen molar-refractivity contribution in [2.24, 2.45) is 0 Å². The number of hydrogen-bond donors (Lipinski definition) is 1. The number of hydrogen-bond acceptors (Lipinski definition) is 5. The number of halogens is 1. The van der Waals surface area contributed by atoms with E-state index >= 15 is 0 Å². The lowest BCUT2D eigenvalue weighted by Gasteiger charge is -2.13. The number of rotatable bonds is 7. The van der Waals surface area contributed by atoms with Crippen LogP contribution in [0, 0.1) is 0 Å². The Labute approximate surface area is 126 Å². The average Bonchev–Trinajstić information content (AvgIpc) is 2.43. The Morgan fingerprint density at radius 3 is 2.67 bits per heavy atom. The molecule has 0 aliphatic rings. The van der Waals surface area contributed by atoms with E-state index in [2.05, 4.69) is 0 Å². The van der Waals surface area contributed by atoms with Gasteiger partial charge in [0.25, 0.3) is 0 Å². The number of carbonyl (C=O) groups excluding carboxylic acids is 1. The second kappa shape index (κ2) is 8.16. The minimum absolute atomic E-state index is 0.215.